The van der Waals surface area contributed by atoms with E-state index in [2.05, 4.69) is 9.80 Å². The SMILES string of the molecule is COc1cc(N2CCN(CC3C(Cl)C(C=O)N(c4ccc(F)c(Cl)c4)N3C)CC2)ccc1Cl. The Labute approximate surface area is 208 Å². The number of halogens is 4. The van der Waals surface area contributed by atoms with Gasteiger partial charge in [0, 0.05) is 51.5 Å². The first-order valence-electron chi connectivity index (χ1n) is 10.7. The fraction of sp³-hybridized carbons (Fsp3) is 0.435. The summed E-state index contributed by atoms with van der Waals surface area (Å²) in [5, 5.41) is 3.95. The van der Waals surface area contributed by atoms with E-state index in [0.29, 0.717) is 23.0 Å². The second-order valence-electron chi connectivity index (χ2n) is 8.26. The summed E-state index contributed by atoms with van der Waals surface area (Å²) in [5.74, 6) is 0.162. The van der Waals surface area contributed by atoms with Crippen molar-refractivity contribution in [1.29, 1.82) is 0 Å². The highest BCUT2D eigenvalue weighted by molar-refractivity contribution is 6.32. The predicted molar refractivity (Wildman–Crippen MR) is 132 cm³/mol. The number of likely N-dealkylation sites (N-methyl/N-ethyl adjacent to an activating group) is 1. The zero-order chi connectivity index (χ0) is 23.7. The Hall–Kier alpha value is -1.77. The average molecular weight is 516 g/mol. The van der Waals surface area contributed by atoms with Gasteiger partial charge in [0.05, 0.1) is 34.3 Å². The summed E-state index contributed by atoms with van der Waals surface area (Å²) >= 11 is 18.9. The molecule has 0 radical (unpaired) electrons. The van der Waals surface area contributed by atoms with Crippen molar-refractivity contribution in [3.8, 4) is 5.75 Å². The summed E-state index contributed by atoms with van der Waals surface area (Å²) in [6.45, 7) is 4.11. The third-order valence-corrected chi connectivity index (χ3v) is 7.57. The summed E-state index contributed by atoms with van der Waals surface area (Å²) in [6, 6.07) is 9.59. The van der Waals surface area contributed by atoms with Crippen molar-refractivity contribution in [3.05, 3.63) is 52.3 Å². The Morgan fingerprint density at radius 2 is 1.76 bits per heavy atom. The zero-order valence-corrected chi connectivity index (χ0v) is 20.7. The fourth-order valence-corrected chi connectivity index (χ4v) is 5.35. The number of carbonyl (C=O) groups is 1. The number of rotatable bonds is 6. The van der Waals surface area contributed by atoms with Crippen LogP contribution in [0, 0.1) is 5.82 Å². The molecule has 0 aromatic heterocycles. The maximum Gasteiger partial charge on any atom is 0.145 e. The molecule has 4 rings (SSSR count). The molecule has 6 nitrogen and oxygen atoms in total. The van der Waals surface area contributed by atoms with Crippen LogP contribution >= 0.6 is 34.8 Å². The summed E-state index contributed by atoms with van der Waals surface area (Å²) < 4.78 is 19.0. The van der Waals surface area contributed by atoms with E-state index in [1.165, 1.54) is 12.1 Å². The van der Waals surface area contributed by atoms with E-state index in [9.17, 15) is 9.18 Å². The molecular formula is C23H26Cl3FN4O2. The summed E-state index contributed by atoms with van der Waals surface area (Å²) in [7, 11) is 3.51. The van der Waals surface area contributed by atoms with Crippen molar-refractivity contribution in [2.45, 2.75) is 17.5 Å². The quantitative estimate of drug-likeness (QED) is 0.425. The molecule has 178 valence electrons. The van der Waals surface area contributed by atoms with Gasteiger partial charge in [-0.2, -0.15) is 0 Å². The molecule has 0 aliphatic carbocycles. The number of nitrogens with zero attached hydrogens (tertiary/aromatic N) is 4. The number of ether oxygens (including phenoxy) is 1. The standard InChI is InChI=1S/C23H26Cl3FN4O2/c1-28-20(23(26)21(14-32)31(28)16-4-6-19(27)18(25)11-16)13-29-7-9-30(10-8-29)15-3-5-17(24)22(12-15)33-2/h3-6,11-12,14,20-21,23H,7-10,13H2,1-2H3. The zero-order valence-electron chi connectivity index (χ0n) is 18.4. The normalized spacial score (nSPS) is 24.4. The van der Waals surface area contributed by atoms with Crippen molar-refractivity contribution in [1.82, 2.24) is 9.91 Å². The monoisotopic (exact) mass is 514 g/mol. The van der Waals surface area contributed by atoms with Gasteiger partial charge >= 0.3 is 0 Å². The third-order valence-electron chi connectivity index (χ3n) is 6.42. The van der Waals surface area contributed by atoms with Crippen LogP contribution in [0.5, 0.6) is 5.75 Å². The Morgan fingerprint density at radius 1 is 1.06 bits per heavy atom. The van der Waals surface area contributed by atoms with Gasteiger partial charge in [0.2, 0.25) is 0 Å². The summed E-state index contributed by atoms with van der Waals surface area (Å²) in [6.07, 6.45) is 0.845. The highest BCUT2D eigenvalue weighted by Gasteiger charge is 2.46. The van der Waals surface area contributed by atoms with Crippen molar-refractivity contribution in [3.63, 3.8) is 0 Å². The number of aldehydes is 1. The van der Waals surface area contributed by atoms with Crippen LogP contribution < -0.4 is 14.6 Å². The molecule has 0 spiro atoms. The molecule has 0 bridgehead atoms. The molecule has 2 heterocycles. The lowest BCUT2D eigenvalue weighted by Crippen LogP contribution is -2.52. The summed E-state index contributed by atoms with van der Waals surface area (Å²) in [5.41, 5.74) is 1.71. The topological polar surface area (TPSA) is 39.3 Å². The number of piperazine rings is 1. The highest BCUT2D eigenvalue weighted by atomic mass is 35.5. The minimum Gasteiger partial charge on any atom is -0.495 e. The molecule has 2 aliphatic heterocycles. The second-order valence-corrected chi connectivity index (χ2v) is 9.58. The number of anilines is 2. The van der Waals surface area contributed by atoms with Gasteiger partial charge in [0.15, 0.2) is 0 Å². The molecule has 3 unspecified atom stereocenters. The Bertz CT molecular complexity index is 1010. The number of benzene rings is 2. The van der Waals surface area contributed by atoms with Crippen molar-refractivity contribution < 1.29 is 13.9 Å². The lowest BCUT2D eigenvalue weighted by atomic mass is 10.1. The van der Waals surface area contributed by atoms with E-state index in [1.54, 1.807) is 18.2 Å². The molecule has 2 saturated heterocycles. The number of hydrazine groups is 1. The largest absolute Gasteiger partial charge is 0.495 e. The number of alkyl halides is 1. The lowest BCUT2D eigenvalue weighted by Gasteiger charge is -2.39. The van der Waals surface area contributed by atoms with Crippen LogP contribution in [0.3, 0.4) is 0 Å². The van der Waals surface area contributed by atoms with Crippen molar-refractivity contribution in [2.75, 3.05) is 56.8 Å². The lowest BCUT2D eigenvalue weighted by molar-refractivity contribution is -0.108. The average Bonchev–Trinajstić information content (AvgIpc) is 3.06. The molecule has 3 atom stereocenters. The fourth-order valence-electron chi connectivity index (χ4n) is 4.57. The van der Waals surface area contributed by atoms with Gasteiger partial charge in [-0.05, 0) is 30.3 Å². The Morgan fingerprint density at radius 3 is 2.39 bits per heavy atom. The van der Waals surface area contributed by atoms with E-state index < -0.39 is 17.2 Å². The molecule has 0 N–H and O–H groups in total. The third kappa shape index (κ3) is 4.88. The summed E-state index contributed by atoms with van der Waals surface area (Å²) in [4.78, 5) is 16.6. The van der Waals surface area contributed by atoms with Crippen LogP contribution in [0.1, 0.15) is 0 Å². The van der Waals surface area contributed by atoms with Gasteiger partial charge in [-0.15, -0.1) is 11.6 Å². The molecule has 0 amide bonds. The number of hydrogen-bond acceptors (Lipinski definition) is 6. The van der Waals surface area contributed by atoms with Crippen molar-refractivity contribution >= 4 is 52.5 Å². The Balaban J connectivity index is 1.43. The predicted octanol–water partition coefficient (Wildman–Crippen LogP) is 4.17. The van der Waals surface area contributed by atoms with Gasteiger partial charge in [-0.1, -0.05) is 23.2 Å². The van der Waals surface area contributed by atoms with Gasteiger partial charge in [0.25, 0.3) is 0 Å². The minimum atomic E-state index is -0.564. The van der Waals surface area contributed by atoms with Gasteiger partial charge in [-0.25, -0.2) is 9.40 Å². The molecule has 2 aromatic rings. The van der Waals surface area contributed by atoms with Crippen LogP contribution in [-0.4, -0.2) is 80.5 Å². The molecule has 10 heteroatoms. The van der Waals surface area contributed by atoms with Crippen LogP contribution in [0.2, 0.25) is 10.0 Å². The van der Waals surface area contributed by atoms with E-state index in [1.807, 2.05) is 30.3 Å². The van der Waals surface area contributed by atoms with E-state index in [4.69, 9.17) is 39.5 Å². The Kier molecular flexibility index (Phi) is 7.56. The number of hydrogen-bond donors (Lipinski definition) is 0. The second kappa shape index (κ2) is 10.2. The van der Waals surface area contributed by atoms with E-state index in [0.717, 1.165) is 38.2 Å². The molecule has 2 fully saturated rings. The minimum absolute atomic E-state index is 0.00933. The van der Waals surface area contributed by atoms with E-state index >= 15 is 0 Å². The molecule has 33 heavy (non-hydrogen) atoms. The number of methoxy groups -OCH3 is 1. The van der Waals surface area contributed by atoms with Crippen molar-refractivity contribution in [2.24, 2.45) is 0 Å². The first kappa shape index (κ1) is 24.4. The maximum absolute atomic E-state index is 13.7. The van der Waals surface area contributed by atoms with Gasteiger partial charge < -0.3 is 14.4 Å². The van der Waals surface area contributed by atoms with Crippen LogP contribution in [0.15, 0.2) is 36.4 Å². The first-order chi connectivity index (χ1) is 15.8. The van der Waals surface area contributed by atoms with Crippen LogP contribution in [0.25, 0.3) is 0 Å². The molecule has 2 aromatic carbocycles. The molecule has 2 aliphatic rings. The van der Waals surface area contributed by atoms with Crippen LogP contribution in [0.4, 0.5) is 15.8 Å². The first-order valence-corrected chi connectivity index (χ1v) is 11.9. The van der Waals surface area contributed by atoms with Gasteiger partial charge in [0.1, 0.15) is 23.9 Å². The maximum atomic E-state index is 13.7. The molecular weight excluding hydrogens is 490 g/mol. The highest BCUT2D eigenvalue weighted by Crippen LogP contribution is 2.35. The smallest absolute Gasteiger partial charge is 0.145 e. The van der Waals surface area contributed by atoms with Gasteiger partial charge in [-0.3, -0.25) is 9.91 Å². The molecule has 0 saturated carbocycles. The van der Waals surface area contributed by atoms with E-state index in [-0.39, 0.29) is 11.1 Å². The van der Waals surface area contributed by atoms with Crippen LogP contribution in [-0.2, 0) is 4.79 Å². The number of carbonyl (C=O) groups excluding carboxylic acids is 1.